The normalized spacial score (nSPS) is 21.7. The molecule has 3 rings (SSSR count). The van der Waals surface area contributed by atoms with Gasteiger partial charge in [0, 0.05) is 36.8 Å². The number of hydrogen-bond acceptors (Lipinski definition) is 2. The van der Waals surface area contributed by atoms with Crippen LogP contribution in [0.15, 0.2) is 18.2 Å². The molecule has 0 aliphatic carbocycles. The lowest BCUT2D eigenvalue weighted by atomic mass is 10.0. The highest BCUT2D eigenvalue weighted by Crippen LogP contribution is 2.33. The number of nitrogens with zero attached hydrogens (tertiary/aromatic N) is 2. The Balaban J connectivity index is 1.87. The Kier molecular flexibility index (Phi) is 4.39. The number of fused-ring (bicyclic) bond motifs is 1. The standard InChI is InChI=1S/C17H21ClN2O2/c1-2-19-11-12(10-16(19)21)17(22)20-9-4-3-6-13-14(18)7-5-8-15(13)20/h5,7-8,12H,2-4,6,9-11H2,1H3/t12-/m1/s1. The van der Waals surface area contributed by atoms with Gasteiger partial charge in [-0.3, -0.25) is 9.59 Å². The van der Waals surface area contributed by atoms with E-state index in [4.69, 9.17) is 11.6 Å². The molecule has 1 atom stereocenters. The summed E-state index contributed by atoms with van der Waals surface area (Å²) in [4.78, 5) is 28.5. The number of anilines is 1. The fraction of sp³-hybridized carbons (Fsp3) is 0.529. The summed E-state index contributed by atoms with van der Waals surface area (Å²) in [6, 6.07) is 5.75. The minimum atomic E-state index is -0.225. The van der Waals surface area contributed by atoms with E-state index in [1.807, 2.05) is 30.0 Å². The molecular formula is C17H21ClN2O2. The molecule has 5 heteroatoms. The summed E-state index contributed by atoms with van der Waals surface area (Å²) >= 11 is 6.31. The third-order valence-corrected chi connectivity index (χ3v) is 5.01. The van der Waals surface area contributed by atoms with E-state index < -0.39 is 0 Å². The topological polar surface area (TPSA) is 40.6 Å². The molecule has 118 valence electrons. The highest BCUT2D eigenvalue weighted by molar-refractivity contribution is 6.31. The van der Waals surface area contributed by atoms with Gasteiger partial charge in [0.2, 0.25) is 11.8 Å². The molecule has 0 spiro atoms. The Bertz CT molecular complexity index is 602. The molecule has 22 heavy (non-hydrogen) atoms. The summed E-state index contributed by atoms with van der Waals surface area (Å²) in [6.07, 6.45) is 3.24. The Morgan fingerprint density at radius 2 is 2.18 bits per heavy atom. The summed E-state index contributed by atoms with van der Waals surface area (Å²) in [6.45, 7) is 3.88. The van der Waals surface area contributed by atoms with Crippen LogP contribution >= 0.6 is 11.6 Å². The third-order valence-electron chi connectivity index (χ3n) is 4.65. The van der Waals surface area contributed by atoms with Crippen molar-refractivity contribution < 1.29 is 9.59 Å². The van der Waals surface area contributed by atoms with Crippen molar-refractivity contribution in [2.75, 3.05) is 24.5 Å². The Labute approximate surface area is 136 Å². The van der Waals surface area contributed by atoms with Crippen LogP contribution in [0.1, 0.15) is 31.7 Å². The van der Waals surface area contributed by atoms with Crippen LogP contribution in [0, 0.1) is 5.92 Å². The lowest BCUT2D eigenvalue weighted by Crippen LogP contribution is -2.38. The minimum absolute atomic E-state index is 0.0646. The maximum Gasteiger partial charge on any atom is 0.232 e. The molecule has 1 aromatic rings. The Morgan fingerprint density at radius 3 is 2.91 bits per heavy atom. The number of carbonyl (C=O) groups is 2. The molecule has 2 aliphatic heterocycles. The second-order valence-corrected chi connectivity index (χ2v) is 6.43. The van der Waals surface area contributed by atoms with Gasteiger partial charge in [-0.2, -0.15) is 0 Å². The second kappa shape index (κ2) is 6.29. The molecule has 0 bridgehead atoms. The lowest BCUT2D eigenvalue weighted by molar-refractivity contribution is -0.128. The van der Waals surface area contributed by atoms with Gasteiger partial charge in [-0.1, -0.05) is 17.7 Å². The SMILES string of the molecule is CCN1C[C@H](C(=O)N2CCCCc3c(Cl)cccc32)CC1=O. The molecule has 2 amide bonds. The van der Waals surface area contributed by atoms with Gasteiger partial charge in [-0.25, -0.2) is 0 Å². The van der Waals surface area contributed by atoms with Crippen molar-refractivity contribution in [2.45, 2.75) is 32.6 Å². The van der Waals surface area contributed by atoms with Gasteiger partial charge in [0.15, 0.2) is 0 Å². The van der Waals surface area contributed by atoms with Gasteiger partial charge in [-0.05, 0) is 43.9 Å². The molecule has 1 fully saturated rings. The van der Waals surface area contributed by atoms with Crippen molar-refractivity contribution in [2.24, 2.45) is 5.92 Å². The number of halogens is 1. The smallest absolute Gasteiger partial charge is 0.232 e. The zero-order valence-corrected chi connectivity index (χ0v) is 13.6. The van der Waals surface area contributed by atoms with Crippen molar-refractivity contribution >= 4 is 29.1 Å². The second-order valence-electron chi connectivity index (χ2n) is 6.02. The number of likely N-dealkylation sites (tertiary alicyclic amines) is 1. The Hall–Kier alpha value is -1.55. The molecular weight excluding hydrogens is 300 g/mol. The first-order valence-corrected chi connectivity index (χ1v) is 8.36. The van der Waals surface area contributed by atoms with Crippen LogP contribution in [-0.2, 0) is 16.0 Å². The van der Waals surface area contributed by atoms with Crippen LogP contribution in [0.3, 0.4) is 0 Å². The monoisotopic (exact) mass is 320 g/mol. The van der Waals surface area contributed by atoms with Crippen molar-refractivity contribution in [3.8, 4) is 0 Å². The first-order valence-electron chi connectivity index (χ1n) is 7.98. The predicted molar refractivity (Wildman–Crippen MR) is 87.1 cm³/mol. The molecule has 0 radical (unpaired) electrons. The van der Waals surface area contributed by atoms with Crippen molar-refractivity contribution in [1.82, 2.24) is 4.90 Å². The maximum absolute atomic E-state index is 12.9. The van der Waals surface area contributed by atoms with E-state index in [1.165, 1.54) is 0 Å². The molecule has 0 saturated carbocycles. The third kappa shape index (κ3) is 2.72. The van der Waals surface area contributed by atoms with Crippen LogP contribution in [-0.4, -0.2) is 36.3 Å². The largest absolute Gasteiger partial charge is 0.342 e. The Morgan fingerprint density at radius 1 is 1.36 bits per heavy atom. The summed E-state index contributed by atoms with van der Waals surface area (Å²) in [5.74, 6) is -0.0749. The molecule has 1 aromatic carbocycles. The zero-order chi connectivity index (χ0) is 15.7. The summed E-state index contributed by atoms with van der Waals surface area (Å²) in [7, 11) is 0. The summed E-state index contributed by atoms with van der Waals surface area (Å²) < 4.78 is 0. The summed E-state index contributed by atoms with van der Waals surface area (Å²) in [5.41, 5.74) is 1.99. The van der Waals surface area contributed by atoms with Gasteiger partial charge in [0.1, 0.15) is 0 Å². The molecule has 0 N–H and O–H groups in total. The van der Waals surface area contributed by atoms with E-state index in [9.17, 15) is 9.59 Å². The van der Waals surface area contributed by atoms with Gasteiger partial charge in [-0.15, -0.1) is 0 Å². The van der Waals surface area contributed by atoms with Gasteiger partial charge < -0.3 is 9.80 Å². The predicted octanol–water partition coefficient (Wildman–Crippen LogP) is 2.88. The fourth-order valence-corrected chi connectivity index (χ4v) is 3.70. The first kappa shape index (κ1) is 15.3. The number of hydrogen-bond donors (Lipinski definition) is 0. The van der Waals surface area contributed by atoms with E-state index in [0.717, 1.165) is 35.5 Å². The maximum atomic E-state index is 12.9. The molecule has 0 aromatic heterocycles. The summed E-state index contributed by atoms with van der Waals surface area (Å²) in [5, 5.41) is 0.731. The number of carbonyl (C=O) groups excluding carboxylic acids is 2. The quantitative estimate of drug-likeness (QED) is 0.840. The van der Waals surface area contributed by atoms with Crippen LogP contribution in [0.2, 0.25) is 5.02 Å². The average molecular weight is 321 g/mol. The molecule has 4 nitrogen and oxygen atoms in total. The van der Waals surface area contributed by atoms with E-state index >= 15 is 0 Å². The minimum Gasteiger partial charge on any atom is -0.342 e. The number of benzene rings is 1. The van der Waals surface area contributed by atoms with Gasteiger partial charge in [0.25, 0.3) is 0 Å². The lowest BCUT2D eigenvalue weighted by Gasteiger charge is -2.26. The molecule has 2 heterocycles. The van der Waals surface area contributed by atoms with Crippen molar-refractivity contribution in [3.05, 3.63) is 28.8 Å². The number of amides is 2. The molecule has 1 saturated heterocycles. The highest BCUT2D eigenvalue weighted by atomic mass is 35.5. The van der Waals surface area contributed by atoms with Crippen molar-refractivity contribution in [1.29, 1.82) is 0 Å². The van der Waals surface area contributed by atoms with Crippen LogP contribution in [0.4, 0.5) is 5.69 Å². The van der Waals surface area contributed by atoms with E-state index in [1.54, 1.807) is 4.90 Å². The van der Waals surface area contributed by atoms with Crippen LogP contribution in [0.25, 0.3) is 0 Å². The van der Waals surface area contributed by atoms with Crippen LogP contribution < -0.4 is 4.90 Å². The van der Waals surface area contributed by atoms with Crippen LogP contribution in [0.5, 0.6) is 0 Å². The van der Waals surface area contributed by atoms with E-state index in [0.29, 0.717) is 26.1 Å². The number of rotatable bonds is 2. The van der Waals surface area contributed by atoms with E-state index in [-0.39, 0.29) is 17.7 Å². The van der Waals surface area contributed by atoms with E-state index in [2.05, 4.69) is 0 Å². The molecule has 0 unspecified atom stereocenters. The average Bonchev–Trinajstić information content (AvgIpc) is 2.75. The zero-order valence-electron chi connectivity index (χ0n) is 12.8. The van der Waals surface area contributed by atoms with Gasteiger partial charge >= 0.3 is 0 Å². The van der Waals surface area contributed by atoms with Crippen molar-refractivity contribution in [3.63, 3.8) is 0 Å². The highest BCUT2D eigenvalue weighted by Gasteiger charge is 2.37. The fourth-order valence-electron chi connectivity index (χ4n) is 3.43. The first-order chi connectivity index (χ1) is 10.6. The molecule has 2 aliphatic rings. The van der Waals surface area contributed by atoms with Gasteiger partial charge in [0.05, 0.1) is 5.92 Å².